The van der Waals surface area contributed by atoms with Crippen molar-refractivity contribution in [1.29, 1.82) is 0 Å². The summed E-state index contributed by atoms with van der Waals surface area (Å²) in [7, 11) is 0. The summed E-state index contributed by atoms with van der Waals surface area (Å²) in [6, 6.07) is 11.0. The SMILES string of the molecule is O=C1CCC(N2C(=O)c3ccc(N4CCC(C(=O)N5CCC6(CC5)CC(n5cc7cc(NC(=O)c8cccc(C(F)(F)F)n8)c(N8CC[C@@H](O)C8)cc7n5)C6)CC4)cc3C2=O)C(=O)N1. The van der Waals surface area contributed by atoms with Gasteiger partial charge in [0.05, 0.1) is 40.2 Å². The maximum absolute atomic E-state index is 13.8. The van der Waals surface area contributed by atoms with Crippen LogP contribution in [0, 0.1) is 11.3 Å². The van der Waals surface area contributed by atoms with Gasteiger partial charge >= 0.3 is 6.18 Å². The van der Waals surface area contributed by atoms with Crippen LogP contribution in [0.1, 0.15) is 101 Å². The van der Waals surface area contributed by atoms with Crippen molar-refractivity contribution in [2.45, 2.75) is 82.2 Å². The Bertz CT molecular complexity index is 2610. The molecule has 1 spiro atoms. The number of carbonyl (C=O) groups is 6. The van der Waals surface area contributed by atoms with Gasteiger partial charge in [0.2, 0.25) is 17.7 Å². The Labute approximate surface area is 364 Å². The zero-order valence-corrected chi connectivity index (χ0v) is 34.8. The van der Waals surface area contributed by atoms with E-state index in [1.165, 1.54) is 6.07 Å². The number of aliphatic hydroxyl groups excluding tert-OH is 1. The molecule has 334 valence electrons. The number of β-amino-alcohol motifs (C(OH)–C–C–N with tert-alkyl or cyclic N) is 1. The predicted octanol–water partition coefficient (Wildman–Crippen LogP) is 4.53. The summed E-state index contributed by atoms with van der Waals surface area (Å²) in [6.07, 6.45) is 2.20. The van der Waals surface area contributed by atoms with Crippen LogP contribution in [-0.4, -0.2) is 117 Å². The zero-order chi connectivity index (χ0) is 44.7. The molecule has 4 saturated heterocycles. The molecular formula is C45H46F3N9O7. The molecule has 5 aliphatic heterocycles. The van der Waals surface area contributed by atoms with E-state index >= 15 is 0 Å². The summed E-state index contributed by atoms with van der Waals surface area (Å²) >= 11 is 0. The summed E-state index contributed by atoms with van der Waals surface area (Å²) in [5.74, 6) is -2.93. The molecule has 10 rings (SSSR count). The first-order valence-corrected chi connectivity index (χ1v) is 21.8. The fourth-order valence-electron chi connectivity index (χ4n) is 10.5. The van der Waals surface area contributed by atoms with Gasteiger partial charge in [-0.15, -0.1) is 0 Å². The van der Waals surface area contributed by atoms with Gasteiger partial charge in [-0.1, -0.05) is 6.07 Å². The molecule has 2 atom stereocenters. The summed E-state index contributed by atoms with van der Waals surface area (Å²) in [5, 5.41) is 20.9. The molecule has 6 aliphatic rings. The number of likely N-dealkylation sites (tertiary alicyclic amines) is 1. The number of aromatic nitrogens is 3. The van der Waals surface area contributed by atoms with Crippen LogP contribution in [0.25, 0.3) is 10.9 Å². The number of hydrogen-bond acceptors (Lipinski definition) is 11. The number of anilines is 3. The lowest BCUT2D eigenvalue weighted by Gasteiger charge is -2.52. The first-order chi connectivity index (χ1) is 30.6. The molecule has 16 nitrogen and oxygen atoms in total. The van der Waals surface area contributed by atoms with Gasteiger partial charge in [-0.25, -0.2) is 4.98 Å². The van der Waals surface area contributed by atoms with Crippen molar-refractivity contribution in [3.63, 3.8) is 0 Å². The molecule has 4 aromatic rings. The maximum atomic E-state index is 13.8. The zero-order valence-electron chi connectivity index (χ0n) is 34.8. The average Bonchev–Trinajstić information content (AvgIpc) is 3.96. The highest BCUT2D eigenvalue weighted by Crippen LogP contribution is 2.55. The molecule has 1 aliphatic carbocycles. The lowest BCUT2D eigenvalue weighted by atomic mass is 9.60. The molecule has 7 heterocycles. The molecule has 2 aromatic heterocycles. The monoisotopic (exact) mass is 881 g/mol. The van der Waals surface area contributed by atoms with E-state index in [2.05, 4.69) is 20.5 Å². The molecule has 5 fully saturated rings. The standard InChI is InChI=1S/C45H46F3N9O7/c46-45(47,48)37-3-1-2-32(49-37)39(60)50-34-18-26-23-56(52-33(26)20-36(34)55-15-10-29(58)24-55)28-21-44(22-28)11-16-54(17-12-44)41(62)25-8-13-53(14-9-25)27-4-5-30-31(19-27)43(64)57(42(30)63)35-6-7-38(59)51-40(35)61/h1-5,18-20,23,25,28-29,35,58H,6-17,21-22,24H2,(H,50,60)(H,51,59,61)/t29-,35?/m1/s1. The lowest BCUT2D eigenvalue weighted by Crippen LogP contribution is -2.54. The van der Waals surface area contributed by atoms with E-state index in [9.17, 15) is 47.0 Å². The van der Waals surface area contributed by atoms with Gasteiger partial charge in [-0.2, -0.15) is 18.3 Å². The van der Waals surface area contributed by atoms with Crippen molar-refractivity contribution >= 4 is 63.4 Å². The van der Waals surface area contributed by atoms with E-state index in [1.807, 2.05) is 26.7 Å². The molecule has 19 heteroatoms. The van der Waals surface area contributed by atoms with Crippen LogP contribution in [0.5, 0.6) is 0 Å². The van der Waals surface area contributed by atoms with Crippen LogP contribution < -0.4 is 20.4 Å². The Morgan fingerprint density at radius 2 is 1.59 bits per heavy atom. The van der Waals surface area contributed by atoms with E-state index in [0.717, 1.165) is 53.8 Å². The number of fused-ring (bicyclic) bond motifs is 2. The molecule has 3 N–H and O–H groups in total. The van der Waals surface area contributed by atoms with Gasteiger partial charge in [0.25, 0.3) is 17.7 Å². The molecular weight excluding hydrogens is 836 g/mol. The number of nitrogens with zero attached hydrogens (tertiary/aromatic N) is 7. The Kier molecular flexibility index (Phi) is 10.2. The van der Waals surface area contributed by atoms with E-state index in [4.69, 9.17) is 5.10 Å². The number of amides is 6. The van der Waals surface area contributed by atoms with Crippen molar-refractivity contribution in [3.05, 3.63) is 77.2 Å². The quantitative estimate of drug-likeness (QED) is 0.221. The number of benzene rings is 2. The number of pyridine rings is 1. The van der Waals surface area contributed by atoms with Crippen LogP contribution in [-0.2, 0) is 20.6 Å². The highest BCUT2D eigenvalue weighted by Gasteiger charge is 2.49. The fourth-order valence-corrected chi connectivity index (χ4v) is 10.5. The number of alkyl halides is 3. The minimum Gasteiger partial charge on any atom is -0.391 e. The third-order valence-corrected chi connectivity index (χ3v) is 14.1. The number of carbonyl (C=O) groups excluding carboxylic acids is 6. The smallest absolute Gasteiger partial charge is 0.391 e. The van der Waals surface area contributed by atoms with E-state index in [-0.39, 0.29) is 52.9 Å². The van der Waals surface area contributed by atoms with Gasteiger partial charge in [0.1, 0.15) is 17.4 Å². The number of halogens is 3. The van der Waals surface area contributed by atoms with Crippen molar-refractivity contribution in [2.24, 2.45) is 11.3 Å². The molecule has 64 heavy (non-hydrogen) atoms. The third kappa shape index (κ3) is 7.52. The van der Waals surface area contributed by atoms with Crippen LogP contribution in [0.15, 0.2) is 54.7 Å². The second kappa shape index (κ2) is 15.7. The largest absolute Gasteiger partial charge is 0.433 e. The molecule has 1 saturated carbocycles. The van der Waals surface area contributed by atoms with Crippen molar-refractivity contribution in [2.75, 3.05) is 54.4 Å². The summed E-state index contributed by atoms with van der Waals surface area (Å²) < 4.78 is 42.0. The average molecular weight is 882 g/mol. The minimum atomic E-state index is -4.70. The van der Waals surface area contributed by atoms with Crippen LogP contribution in [0.4, 0.5) is 30.2 Å². The van der Waals surface area contributed by atoms with Gasteiger partial charge in [0.15, 0.2) is 0 Å². The number of rotatable bonds is 7. The van der Waals surface area contributed by atoms with Crippen molar-refractivity contribution < 1.29 is 47.0 Å². The number of piperidine rings is 3. The van der Waals surface area contributed by atoms with Gasteiger partial charge < -0.3 is 25.1 Å². The highest BCUT2D eigenvalue weighted by molar-refractivity contribution is 6.23. The topological polar surface area (TPSA) is 190 Å². The Balaban J connectivity index is 0.744. The van der Waals surface area contributed by atoms with E-state index in [0.29, 0.717) is 75.4 Å². The number of imide groups is 2. The predicted molar refractivity (Wildman–Crippen MR) is 224 cm³/mol. The number of hydrogen-bond donors (Lipinski definition) is 3. The van der Waals surface area contributed by atoms with E-state index < -0.39 is 53.6 Å². The number of nitrogens with one attached hydrogen (secondary N) is 2. The van der Waals surface area contributed by atoms with E-state index in [1.54, 1.807) is 24.3 Å². The van der Waals surface area contributed by atoms with Crippen LogP contribution in [0.3, 0.4) is 0 Å². The van der Waals surface area contributed by atoms with Crippen molar-refractivity contribution in [3.8, 4) is 0 Å². The molecule has 0 radical (unpaired) electrons. The lowest BCUT2D eigenvalue weighted by molar-refractivity contribution is -0.141. The Morgan fingerprint density at radius 1 is 0.859 bits per heavy atom. The summed E-state index contributed by atoms with van der Waals surface area (Å²) in [6.45, 7) is 3.42. The van der Waals surface area contributed by atoms with Gasteiger partial charge in [-0.05, 0) is 99.2 Å². The molecule has 0 bridgehead atoms. The second-order valence-electron chi connectivity index (χ2n) is 18.1. The van der Waals surface area contributed by atoms with Crippen molar-refractivity contribution in [1.82, 2.24) is 29.9 Å². The maximum Gasteiger partial charge on any atom is 0.433 e. The van der Waals surface area contributed by atoms with Gasteiger partial charge in [0, 0.05) is 68.9 Å². The number of aliphatic hydroxyl groups is 1. The first kappa shape index (κ1) is 41.6. The Morgan fingerprint density at radius 3 is 2.30 bits per heavy atom. The Hall–Kier alpha value is -6.37. The first-order valence-electron chi connectivity index (χ1n) is 21.8. The summed E-state index contributed by atoms with van der Waals surface area (Å²) in [5.41, 5.74) is 1.48. The third-order valence-electron chi connectivity index (χ3n) is 14.1. The normalized spacial score (nSPS) is 22.9. The highest BCUT2D eigenvalue weighted by atomic mass is 19.4. The molecule has 6 amide bonds. The van der Waals surface area contributed by atoms with Gasteiger partial charge in [-0.3, -0.25) is 43.7 Å². The van der Waals surface area contributed by atoms with Crippen LogP contribution >= 0.6 is 0 Å². The van der Waals surface area contributed by atoms with Crippen LogP contribution in [0.2, 0.25) is 0 Å². The molecule has 2 aromatic carbocycles. The molecule has 1 unspecified atom stereocenters. The fraction of sp³-hybridized carbons (Fsp3) is 0.467. The second-order valence-corrected chi connectivity index (χ2v) is 18.1. The minimum absolute atomic E-state index is 0.0499. The summed E-state index contributed by atoms with van der Waals surface area (Å²) in [4.78, 5) is 88.2.